The summed E-state index contributed by atoms with van der Waals surface area (Å²) in [5.41, 5.74) is -0.519. The van der Waals surface area contributed by atoms with Gasteiger partial charge in [-0.25, -0.2) is 13.8 Å². The number of aliphatic hydroxyl groups excluding tert-OH is 1. The van der Waals surface area contributed by atoms with Crippen molar-refractivity contribution in [1.29, 1.82) is 0 Å². The van der Waals surface area contributed by atoms with Gasteiger partial charge < -0.3 is 20.1 Å². The van der Waals surface area contributed by atoms with E-state index in [9.17, 15) is 18.7 Å². The van der Waals surface area contributed by atoms with E-state index >= 15 is 0 Å². The Kier molecular flexibility index (Phi) is 4.80. The Morgan fingerprint density at radius 2 is 2.20 bits per heavy atom. The minimum atomic E-state index is -1.50. The monoisotopic (exact) mass is 411 g/mol. The number of aromatic amines is 1. The van der Waals surface area contributed by atoms with E-state index in [1.165, 1.54) is 19.5 Å². The molecule has 1 unspecified atom stereocenters. The number of fused-ring (bicyclic) bond motifs is 1. The first kappa shape index (κ1) is 17.5. The second kappa shape index (κ2) is 6.87. The third-order valence-electron chi connectivity index (χ3n) is 3.56. The van der Waals surface area contributed by atoms with Crippen molar-refractivity contribution >= 4 is 38.4 Å². The summed E-state index contributed by atoms with van der Waals surface area (Å²) < 4.78 is 34.0. The average Bonchev–Trinajstić information content (AvgIpc) is 3.00. The first-order valence-corrected chi connectivity index (χ1v) is 7.84. The quantitative estimate of drug-likeness (QED) is 0.443. The highest BCUT2D eigenvalue weighted by molar-refractivity contribution is 9.10. The van der Waals surface area contributed by atoms with Gasteiger partial charge in [0.25, 0.3) is 0 Å². The number of aliphatic hydroxyl groups is 1. The molecule has 0 aliphatic carbocycles. The van der Waals surface area contributed by atoms with Crippen molar-refractivity contribution in [2.24, 2.45) is 0 Å². The lowest BCUT2D eigenvalue weighted by Gasteiger charge is -2.14. The van der Waals surface area contributed by atoms with Crippen LogP contribution in [0.2, 0.25) is 0 Å². The average molecular weight is 412 g/mol. The maximum Gasteiger partial charge on any atom is 0.235 e. The zero-order valence-corrected chi connectivity index (χ0v) is 14.4. The number of anilines is 1. The number of hydrogen-bond acceptors (Lipinski definition) is 5. The number of ether oxygens (including phenoxy) is 1. The molecule has 3 aromatic rings. The number of H-pyrrole nitrogens is 1. The van der Waals surface area contributed by atoms with E-state index in [4.69, 9.17) is 0 Å². The zero-order chi connectivity index (χ0) is 18.1. The van der Waals surface area contributed by atoms with Crippen molar-refractivity contribution in [1.82, 2.24) is 9.97 Å². The molecule has 3 rings (SSSR count). The number of methoxy groups -OCH3 is 1. The molecule has 0 amide bonds. The third kappa shape index (κ3) is 3.26. The van der Waals surface area contributed by atoms with Gasteiger partial charge in [-0.3, -0.25) is 4.79 Å². The molecule has 2 heterocycles. The summed E-state index contributed by atoms with van der Waals surface area (Å²) in [5, 5.41) is 12.1. The lowest BCUT2D eigenvalue weighted by molar-refractivity contribution is -0.0512. The summed E-state index contributed by atoms with van der Waals surface area (Å²) in [7, 11) is 1.20. The molecule has 0 spiro atoms. The minimum absolute atomic E-state index is 0.0750. The molecule has 0 aliphatic heterocycles. The van der Waals surface area contributed by atoms with E-state index in [0.29, 0.717) is 15.5 Å². The van der Waals surface area contributed by atoms with Gasteiger partial charge in [-0.1, -0.05) is 0 Å². The van der Waals surface area contributed by atoms with Crippen LogP contribution < -0.4 is 5.32 Å². The number of hydrogen-bond donors (Lipinski definition) is 3. The van der Waals surface area contributed by atoms with Crippen LogP contribution in [0.4, 0.5) is 14.5 Å². The topological polar surface area (TPSA) is 87.2 Å². The first-order valence-electron chi connectivity index (χ1n) is 7.05. The number of rotatable bonds is 5. The van der Waals surface area contributed by atoms with E-state index in [1.807, 2.05) is 0 Å². The van der Waals surface area contributed by atoms with Gasteiger partial charge in [-0.2, -0.15) is 0 Å². The molecule has 0 radical (unpaired) electrons. The van der Waals surface area contributed by atoms with Crippen LogP contribution in [0.3, 0.4) is 0 Å². The molecular formula is C16H12BrF2N3O3. The maximum absolute atomic E-state index is 14.6. The molecule has 0 saturated heterocycles. The lowest BCUT2D eigenvalue weighted by Crippen LogP contribution is -2.22. The van der Waals surface area contributed by atoms with Crippen molar-refractivity contribution in [3.05, 3.63) is 57.8 Å². The molecule has 0 fully saturated rings. The molecule has 2 aromatic heterocycles. The number of nitrogens with one attached hydrogen (secondary N) is 2. The number of aromatic nitrogens is 2. The molecular weight excluding hydrogens is 400 g/mol. The zero-order valence-electron chi connectivity index (χ0n) is 12.8. The van der Waals surface area contributed by atoms with E-state index in [0.717, 1.165) is 12.1 Å². The maximum atomic E-state index is 14.6. The predicted octanol–water partition coefficient (Wildman–Crippen LogP) is 3.17. The van der Waals surface area contributed by atoms with Gasteiger partial charge in [0, 0.05) is 34.9 Å². The predicted molar refractivity (Wildman–Crippen MR) is 90.2 cm³/mol. The first-order chi connectivity index (χ1) is 11.9. The van der Waals surface area contributed by atoms with Crippen molar-refractivity contribution < 1.29 is 23.4 Å². The molecule has 1 aromatic carbocycles. The van der Waals surface area contributed by atoms with Crippen LogP contribution in [0, 0.1) is 11.6 Å². The standard InChI is InChI=1S/C16H12BrF2N3O3/c1-25-16(24)22-11-3-2-10(18)12(13(11)19)14(23)9-6-21-15-8(9)4-7(17)5-20-15/h2-6,16,22,24H,1H3,(H,20,21). The van der Waals surface area contributed by atoms with E-state index in [-0.39, 0.29) is 11.3 Å². The van der Waals surface area contributed by atoms with Crippen LogP contribution in [0.1, 0.15) is 15.9 Å². The number of carbonyl (C=O) groups excluding carboxylic acids is 1. The summed E-state index contributed by atoms with van der Waals surface area (Å²) in [5.74, 6) is -2.99. The summed E-state index contributed by atoms with van der Waals surface area (Å²) >= 11 is 3.24. The van der Waals surface area contributed by atoms with E-state index in [1.54, 1.807) is 6.07 Å². The van der Waals surface area contributed by atoms with Gasteiger partial charge in [0.1, 0.15) is 11.5 Å². The Hall–Kier alpha value is -2.36. The molecule has 25 heavy (non-hydrogen) atoms. The molecule has 3 N–H and O–H groups in total. The molecule has 1 atom stereocenters. The fraction of sp³-hybridized carbons (Fsp3) is 0.125. The Bertz CT molecular complexity index is 961. The smallest absolute Gasteiger partial charge is 0.235 e. The normalized spacial score (nSPS) is 12.4. The van der Waals surface area contributed by atoms with Gasteiger partial charge in [-0.05, 0) is 34.1 Å². The summed E-state index contributed by atoms with van der Waals surface area (Å²) in [6, 6.07) is 3.62. The van der Waals surface area contributed by atoms with Crippen LogP contribution in [-0.4, -0.2) is 34.4 Å². The van der Waals surface area contributed by atoms with Crippen molar-refractivity contribution in [3.63, 3.8) is 0 Å². The fourth-order valence-electron chi connectivity index (χ4n) is 2.36. The molecule has 9 heteroatoms. The SMILES string of the molecule is COC(O)Nc1ccc(F)c(C(=O)c2c[nH]c3ncc(Br)cc23)c1F. The van der Waals surface area contributed by atoms with Gasteiger partial charge in [0.15, 0.2) is 5.82 Å². The second-order valence-corrected chi connectivity index (χ2v) is 6.01. The van der Waals surface area contributed by atoms with Crippen molar-refractivity contribution in [2.45, 2.75) is 6.41 Å². The van der Waals surface area contributed by atoms with Crippen LogP contribution in [0.15, 0.2) is 35.1 Å². The van der Waals surface area contributed by atoms with E-state index in [2.05, 4.69) is 36.0 Å². The summed E-state index contributed by atoms with van der Waals surface area (Å²) in [6.45, 7) is 0. The van der Waals surface area contributed by atoms with E-state index < -0.39 is 29.4 Å². The summed E-state index contributed by atoms with van der Waals surface area (Å²) in [4.78, 5) is 19.6. The van der Waals surface area contributed by atoms with Crippen LogP contribution in [0.25, 0.3) is 11.0 Å². The number of pyridine rings is 1. The Morgan fingerprint density at radius 3 is 2.92 bits per heavy atom. The van der Waals surface area contributed by atoms with Crippen LogP contribution in [0.5, 0.6) is 0 Å². The van der Waals surface area contributed by atoms with Crippen LogP contribution >= 0.6 is 15.9 Å². The highest BCUT2D eigenvalue weighted by Gasteiger charge is 2.25. The Balaban J connectivity index is 2.10. The van der Waals surface area contributed by atoms with Crippen molar-refractivity contribution in [3.8, 4) is 0 Å². The third-order valence-corrected chi connectivity index (χ3v) is 4.00. The molecule has 0 aliphatic rings. The van der Waals surface area contributed by atoms with Crippen molar-refractivity contribution in [2.75, 3.05) is 12.4 Å². The molecule has 0 bridgehead atoms. The van der Waals surface area contributed by atoms with Crippen LogP contribution in [-0.2, 0) is 4.74 Å². The van der Waals surface area contributed by atoms with Gasteiger partial charge in [-0.15, -0.1) is 0 Å². The molecule has 0 saturated carbocycles. The lowest BCUT2D eigenvalue weighted by atomic mass is 10.0. The Labute approximate surface area is 149 Å². The highest BCUT2D eigenvalue weighted by Crippen LogP contribution is 2.28. The number of halogens is 3. The number of benzene rings is 1. The fourth-order valence-corrected chi connectivity index (χ4v) is 2.70. The number of carbonyl (C=O) groups is 1. The number of ketones is 1. The van der Waals surface area contributed by atoms with Gasteiger partial charge in [0.05, 0.1) is 11.3 Å². The van der Waals surface area contributed by atoms with Gasteiger partial charge >= 0.3 is 0 Å². The molecule has 6 nitrogen and oxygen atoms in total. The molecule has 130 valence electrons. The highest BCUT2D eigenvalue weighted by atomic mass is 79.9. The largest absolute Gasteiger partial charge is 0.351 e. The summed E-state index contributed by atoms with van der Waals surface area (Å²) in [6.07, 6.45) is 1.37. The van der Waals surface area contributed by atoms with Gasteiger partial charge in [0.2, 0.25) is 12.2 Å². The number of nitrogens with zero attached hydrogens (tertiary/aromatic N) is 1. The Morgan fingerprint density at radius 1 is 1.44 bits per heavy atom. The minimum Gasteiger partial charge on any atom is -0.351 e. The second-order valence-electron chi connectivity index (χ2n) is 5.10.